The van der Waals surface area contributed by atoms with Crippen molar-refractivity contribution in [3.8, 4) is 0 Å². The summed E-state index contributed by atoms with van der Waals surface area (Å²) in [5, 5.41) is 4.53. The first-order chi connectivity index (χ1) is 10.8. The zero-order chi connectivity index (χ0) is 14.9. The van der Waals surface area contributed by atoms with Crippen LogP contribution in [0, 0.1) is 0 Å². The Labute approximate surface area is 129 Å². The lowest BCUT2D eigenvalue weighted by molar-refractivity contribution is -0.121. The molecule has 3 aromatic rings. The standard InChI is InChI=1S/C19H18N2O/c22-18(9-13-5-2-1-3-6-13)21-16-10-14-7-4-8-17-19(14)15(11-16)12-20-17/h1-8,12,16,20H,9-11H2,(H,21,22). The molecule has 3 heteroatoms. The van der Waals surface area contributed by atoms with E-state index in [9.17, 15) is 4.79 Å². The van der Waals surface area contributed by atoms with Gasteiger partial charge in [0, 0.05) is 23.1 Å². The molecule has 0 saturated carbocycles. The normalized spacial score (nSPS) is 16.6. The summed E-state index contributed by atoms with van der Waals surface area (Å²) in [4.78, 5) is 15.6. The number of H-pyrrole nitrogens is 1. The van der Waals surface area contributed by atoms with Gasteiger partial charge in [0.25, 0.3) is 0 Å². The van der Waals surface area contributed by atoms with Crippen LogP contribution in [-0.2, 0) is 24.1 Å². The van der Waals surface area contributed by atoms with Crippen molar-refractivity contribution in [2.75, 3.05) is 0 Å². The molecule has 0 radical (unpaired) electrons. The van der Waals surface area contributed by atoms with Crippen molar-refractivity contribution >= 4 is 16.8 Å². The number of carbonyl (C=O) groups is 1. The summed E-state index contributed by atoms with van der Waals surface area (Å²) in [6.45, 7) is 0. The zero-order valence-corrected chi connectivity index (χ0v) is 12.3. The fraction of sp³-hybridized carbons (Fsp3) is 0.211. The molecule has 1 aliphatic rings. The maximum atomic E-state index is 12.3. The van der Waals surface area contributed by atoms with E-state index in [0.29, 0.717) is 6.42 Å². The molecule has 110 valence electrons. The van der Waals surface area contributed by atoms with Crippen molar-refractivity contribution in [2.24, 2.45) is 0 Å². The van der Waals surface area contributed by atoms with E-state index < -0.39 is 0 Å². The van der Waals surface area contributed by atoms with Crippen LogP contribution in [0.25, 0.3) is 10.9 Å². The maximum absolute atomic E-state index is 12.3. The summed E-state index contributed by atoms with van der Waals surface area (Å²) in [6, 6.07) is 16.4. The van der Waals surface area contributed by atoms with Gasteiger partial charge < -0.3 is 10.3 Å². The minimum atomic E-state index is 0.0994. The molecule has 0 spiro atoms. The Balaban J connectivity index is 1.48. The largest absolute Gasteiger partial charge is 0.361 e. The van der Waals surface area contributed by atoms with Crippen molar-refractivity contribution in [1.29, 1.82) is 0 Å². The second kappa shape index (κ2) is 5.34. The van der Waals surface area contributed by atoms with Crippen LogP contribution in [0.5, 0.6) is 0 Å². The van der Waals surface area contributed by atoms with Gasteiger partial charge in [-0.1, -0.05) is 42.5 Å². The van der Waals surface area contributed by atoms with Gasteiger partial charge in [-0.2, -0.15) is 0 Å². The summed E-state index contributed by atoms with van der Waals surface area (Å²) in [5.41, 5.74) is 4.88. The van der Waals surface area contributed by atoms with E-state index in [-0.39, 0.29) is 11.9 Å². The third-order valence-electron chi connectivity index (χ3n) is 4.38. The van der Waals surface area contributed by atoms with Gasteiger partial charge in [-0.15, -0.1) is 0 Å². The molecule has 1 aliphatic carbocycles. The first-order valence-electron chi connectivity index (χ1n) is 7.71. The van der Waals surface area contributed by atoms with Crippen molar-refractivity contribution < 1.29 is 4.79 Å². The third-order valence-corrected chi connectivity index (χ3v) is 4.38. The van der Waals surface area contributed by atoms with Crippen LogP contribution in [-0.4, -0.2) is 16.9 Å². The smallest absolute Gasteiger partial charge is 0.224 e. The average molecular weight is 290 g/mol. The maximum Gasteiger partial charge on any atom is 0.224 e. The highest BCUT2D eigenvalue weighted by molar-refractivity contribution is 5.88. The highest BCUT2D eigenvalue weighted by Crippen LogP contribution is 2.29. The van der Waals surface area contributed by atoms with Crippen molar-refractivity contribution in [3.63, 3.8) is 0 Å². The predicted molar refractivity (Wildman–Crippen MR) is 87.8 cm³/mol. The number of benzene rings is 2. The lowest BCUT2D eigenvalue weighted by Gasteiger charge is -2.23. The van der Waals surface area contributed by atoms with Crippen LogP contribution in [0.4, 0.5) is 0 Å². The number of carbonyl (C=O) groups excluding carboxylic acids is 1. The SMILES string of the molecule is O=C(Cc1ccccc1)NC1Cc2cccc3[nH]cc(c23)C1. The monoisotopic (exact) mass is 290 g/mol. The molecule has 1 aromatic heterocycles. The Morgan fingerprint density at radius 2 is 1.86 bits per heavy atom. The number of hydrogen-bond acceptors (Lipinski definition) is 1. The van der Waals surface area contributed by atoms with Gasteiger partial charge in [0.2, 0.25) is 5.91 Å². The molecule has 1 amide bonds. The van der Waals surface area contributed by atoms with E-state index in [1.807, 2.05) is 30.3 Å². The minimum absolute atomic E-state index is 0.0994. The van der Waals surface area contributed by atoms with Crippen molar-refractivity contribution in [2.45, 2.75) is 25.3 Å². The Morgan fingerprint density at radius 3 is 2.73 bits per heavy atom. The first kappa shape index (κ1) is 13.1. The van der Waals surface area contributed by atoms with Crippen LogP contribution in [0.2, 0.25) is 0 Å². The molecule has 1 heterocycles. The molecule has 0 fully saturated rings. The minimum Gasteiger partial charge on any atom is -0.361 e. The van der Waals surface area contributed by atoms with E-state index in [1.165, 1.54) is 22.0 Å². The third kappa shape index (κ3) is 2.39. The van der Waals surface area contributed by atoms with E-state index in [0.717, 1.165) is 18.4 Å². The number of hydrogen-bond donors (Lipinski definition) is 2. The van der Waals surface area contributed by atoms with Gasteiger partial charge in [0.05, 0.1) is 6.42 Å². The quantitative estimate of drug-likeness (QED) is 0.765. The lowest BCUT2D eigenvalue weighted by Crippen LogP contribution is -2.40. The van der Waals surface area contributed by atoms with E-state index in [4.69, 9.17) is 0 Å². The molecule has 0 saturated heterocycles. The van der Waals surface area contributed by atoms with Crippen molar-refractivity contribution in [3.05, 3.63) is 71.4 Å². The summed E-state index contributed by atoms with van der Waals surface area (Å²) in [5.74, 6) is 0.0994. The molecular weight excluding hydrogens is 272 g/mol. The molecule has 2 N–H and O–H groups in total. The molecule has 3 nitrogen and oxygen atoms in total. The highest BCUT2D eigenvalue weighted by atomic mass is 16.1. The van der Waals surface area contributed by atoms with Crippen LogP contribution < -0.4 is 5.32 Å². The van der Waals surface area contributed by atoms with Crippen LogP contribution in [0.1, 0.15) is 16.7 Å². The van der Waals surface area contributed by atoms with Gasteiger partial charge in [-0.05, 0) is 35.6 Å². The second-order valence-electron chi connectivity index (χ2n) is 5.99. The summed E-state index contributed by atoms with van der Waals surface area (Å²) >= 11 is 0. The molecule has 0 aliphatic heterocycles. The molecule has 0 bridgehead atoms. The number of aromatic amines is 1. The van der Waals surface area contributed by atoms with Gasteiger partial charge in [-0.25, -0.2) is 0 Å². The molecular formula is C19H18N2O. The Bertz CT molecular complexity index is 820. The summed E-state index contributed by atoms with van der Waals surface area (Å²) < 4.78 is 0. The first-order valence-corrected chi connectivity index (χ1v) is 7.71. The number of aromatic nitrogens is 1. The average Bonchev–Trinajstić information content (AvgIpc) is 2.93. The Hall–Kier alpha value is -2.55. The zero-order valence-electron chi connectivity index (χ0n) is 12.3. The van der Waals surface area contributed by atoms with Gasteiger partial charge >= 0.3 is 0 Å². The Morgan fingerprint density at radius 1 is 1.05 bits per heavy atom. The van der Waals surface area contributed by atoms with Crippen molar-refractivity contribution in [1.82, 2.24) is 10.3 Å². The number of rotatable bonds is 3. The van der Waals surface area contributed by atoms with Crippen LogP contribution in [0.15, 0.2) is 54.7 Å². The fourth-order valence-electron chi connectivity index (χ4n) is 3.43. The van der Waals surface area contributed by atoms with Gasteiger partial charge in [-0.3, -0.25) is 4.79 Å². The lowest BCUT2D eigenvalue weighted by atomic mass is 9.89. The fourth-order valence-corrected chi connectivity index (χ4v) is 3.43. The van der Waals surface area contributed by atoms with E-state index in [1.54, 1.807) is 0 Å². The molecule has 4 rings (SSSR count). The van der Waals surface area contributed by atoms with E-state index >= 15 is 0 Å². The van der Waals surface area contributed by atoms with Crippen LogP contribution >= 0.6 is 0 Å². The second-order valence-corrected chi connectivity index (χ2v) is 5.99. The highest BCUT2D eigenvalue weighted by Gasteiger charge is 2.22. The van der Waals surface area contributed by atoms with E-state index in [2.05, 4.69) is 34.7 Å². The van der Waals surface area contributed by atoms with Crippen LogP contribution in [0.3, 0.4) is 0 Å². The van der Waals surface area contributed by atoms with Gasteiger partial charge in [0.1, 0.15) is 0 Å². The molecule has 1 unspecified atom stereocenters. The van der Waals surface area contributed by atoms with Gasteiger partial charge in [0.15, 0.2) is 0 Å². The summed E-state index contributed by atoms with van der Waals surface area (Å²) in [7, 11) is 0. The number of nitrogens with one attached hydrogen (secondary N) is 2. The predicted octanol–water partition coefficient (Wildman–Crippen LogP) is 2.99. The summed E-state index contributed by atoms with van der Waals surface area (Å²) in [6.07, 6.45) is 4.32. The molecule has 22 heavy (non-hydrogen) atoms. The Kier molecular flexibility index (Phi) is 3.19. The molecule has 1 atom stereocenters. The number of amides is 1. The topological polar surface area (TPSA) is 44.9 Å². The molecule has 2 aromatic carbocycles.